The molecule has 3 atom stereocenters. The van der Waals surface area contributed by atoms with Gasteiger partial charge in [-0.3, -0.25) is 0 Å². The Morgan fingerprint density at radius 1 is 1.44 bits per heavy atom. The first-order valence-electron chi connectivity index (χ1n) is 4.05. The summed E-state index contributed by atoms with van der Waals surface area (Å²) in [6.45, 7) is 3.56. The van der Waals surface area contributed by atoms with E-state index in [4.69, 9.17) is 0 Å². The quantitative estimate of drug-likeness (QED) is 0.550. The van der Waals surface area contributed by atoms with Gasteiger partial charge in [0.25, 0.3) is 0 Å². The Morgan fingerprint density at radius 2 is 2.11 bits per heavy atom. The van der Waals surface area contributed by atoms with Crippen molar-refractivity contribution in [2.75, 3.05) is 13.6 Å². The molecule has 0 heterocycles. The van der Waals surface area contributed by atoms with Crippen molar-refractivity contribution in [1.82, 2.24) is 4.90 Å². The molecule has 2 unspecified atom stereocenters. The Kier molecular flexibility index (Phi) is 1.10. The maximum absolute atomic E-state index is 2.53. The van der Waals surface area contributed by atoms with Crippen LogP contribution in [0, 0.1) is 11.8 Å². The summed E-state index contributed by atoms with van der Waals surface area (Å²) in [5.74, 6) is 2.28. The zero-order chi connectivity index (χ0) is 6.43. The first kappa shape index (κ1) is 5.72. The second-order valence-electron chi connectivity index (χ2n) is 3.53. The molecule has 0 aromatic carbocycles. The van der Waals surface area contributed by atoms with Gasteiger partial charge in [-0.25, -0.2) is 0 Å². The SMILES string of the molecule is CCCN(C)C1C2C[C@@H]21. The van der Waals surface area contributed by atoms with Crippen LogP contribution >= 0.6 is 0 Å². The smallest absolute Gasteiger partial charge is 0.0155 e. The minimum Gasteiger partial charge on any atom is -0.303 e. The second-order valence-corrected chi connectivity index (χ2v) is 3.53. The average Bonchev–Trinajstić information content (AvgIpc) is 2.46. The monoisotopic (exact) mass is 125 g/mol. The fourth-order valence-electron chi connectivity index (χ4n) is 1.90. The molecule has 0 aliphatic heterocycles. The van der Waals surface area contributed by atoms with Crippen LogP contribution in [0.3, 0.4) is 0 Å². The summed E-state index contributed by atoms with van der Waals surface area (Å²) in [4.78, 5) is 2.53. The fourth-order valence-corrected chi connectivity index (χ4v) is 1.90. The third-order valence-corrected chi connectivity index (χ3v) is 2.71. The Labute approximate surface area is 57.0 Å². The van der Waals surface area contributed by atoms with Gasteiger partial charge in [0.1, 0.15) is 0 Å². The molecule has 9 heavy (non-hydrogen) atoms. The summed E-state index contributed by atoms with van der Waals surface area (Å²) < 4.78 is 0. The molecule has 2 fully saturated rings. The minimum absolute atomic E-state index is 1.02. The van der Waals surface area contributed by atoms with Gasteiger partial charge < -0.3 is 4.90 Å². The third-order valence-electron chi connectivity index (χ3n) is 2.71. The summed E-state index contributed by atoms with van der Waals surface area (Å²) in [7, 11) is 2.26. The molecule has 0 bridgehead atoms. The molecule has 0 spiro atoms. The Bertz CT molecular complexity index is 114. The lowest BCUT2D eigenvalue weighted by molar-refractivity contribution is 0.277. The second kappa shape index (κ2) is 1.72. The lowest BCUT2D eigenvalue weighted by atomic mass is 10.3. The normalized spacial score (nSPS) is 45.0. The number of hydrogen-bond acceptors (Lipinski definition) is 1. The first-order chi connectivity index (χ1) is 4.34. The number of fused-ring (bicyclic) bond motifs is 1. The number of hydrogen-bond donors (Lipinski definition) is 0. The van der Waals surface area contributed by atoms with Gasteiger partial charge in [0.2, 0.25) is 0 Å². The Balaban J connectivity index is 1.72. The summed E-state index contributed by atoms with van der Waals surface area (Å²) >= 11 is 0. The third kappa shape index (κ3) is 0.787. The molecule has 0 aromatic heterocycles. The molecule has 0 amide bonds. The maximum atomic E-state index is 2.53. The number of rotatable bonds is 3. The van der Waals surface area contributed by atoms with Crippen LogP contribution in [0.1, 0.15) is 19.8 Å². The van der Waals surface area contributed by atoms with Gasteiger partial charge in [0.05, 0.1) is 0 Å². The molecule has 2 aliphatic carbocycles. The van der Waals surface area contributed by atoms with E-state index >= 15 is 0 Å². The van der Waals surface area contributed by atoms with E-state index in [1.165, 1.54) is 13.0 Å². The summed E-state index contributed by atoms with van der Waals surface area (Å²) in [5.41, 5.74) is 0. The van der Waals surface area contributed by atoms with Gasteiger partial charge in [-0.2, -0.15) is 0 Å². The molecule has 2 rings (SSSR count). The zero-order valence-electron chi connectivity index (χ0n) is 6.30. The van der Waals surface area contributed by atoms with Crippen molar-refractivity contribution in [3.63, 3.8) is 0 Å². The molecular weight excluding hydrogens is 110 g/mol. The van der Waals surface area contributed by atoms with Crippen molar-refractivity contribution in [1.29, 1.82) is 0 Å². The zero-order valence-corrected chi connectivity index (χ0v) is 6.30. The van der Waals surface area contributed by atoms with E-state index < -0.39 is 0 Å². The molecule has 2 aliphatic rings. The molecule has 0 aromatic rings. The maximum Gasteiger partial charge on any atom is 0.0155 e. The molecule has 52 valence electrons. The van der Waals surface area contributed by atoms with E-state index in [1.54, 1.807) is 6.42 Å². The minimum atomic E-state index is 1.02. The van der Waals surface area contributed by atoms with Gasteiger partial charge >= 0.3 is 0 Å². The van der Waals surface area contributed by atoms with Crippen LogP contribution in [0.25, 0.3) is 0 Å². The fraction of sp³-hybridized carbons (Fsp3) is 1.00. The van der Waals surface area contributed by atoms with Gasteiger partial charge in [-0.15, -0.1) is 0 Å². The molecule has 2 saturated carbocycles. The van der Waals surface area contributed by atoms with Crippen molar-refractivity contribution in [3.8, 4) is 0 Å². The summed E-state index contributed by atoms with van der Waals surface area (Å²) in [6, 6.07) is 1.02. The molecule has 0 radical (unpaired) electrons. The Hall–Kier alpha value is -0.0400. The van der Waals surface area contributed by atoms with Crippen molar-refractivity contribution in [2.45, 2.75) is 25.8 Å². The molecule has 1 nitrogen and oxygen atoms in total. The Morgan fingerprint density at radius 3 is 2.44 bits per heavy atom. The van der Waals surface area contributed by atoms with E-state index in [0.717, 1.165) is 17.9 Å². The molecular formula is C8H15N. The average molecular weight is 125 g/mol. The van der Waals surface area contributed by atoms with Crippen LogP contribution in [-0.2, 0) is 0 Å². The van der Waals surface area contributed by atoms with E-state index in [9.17, 15) is 0 Å². The van der Waals surface area contributed by atoms with Crippen LogP contribution in [-0.4, -0.2) is 24.5 Å². The standard InChI is InChI=1S/C8H15N/c1-3-4-9(2)8-6-5-7(6)8/h6-8H,3-5H2,1-2H3/t6-,7?,8?/m0/s1. The first-order valence-corrected chi connectivity index (χ1v) is 4.05. The summed E-state index contributed by atoms with van der Waals surface area (Å²) in [6.07, 6.45) is 2.85. The van der Waals surface area contributed by atoms with Gasteiger partial charge in [0.15, 0.2) is 0 Å². The van der Waals surface area contributed by atoms with E-state index in [2.05, 4.69) is 18.9 Å². The van der Waals surface area contributed by atoms with Gasteiger partial charge in [-0.05, 0) is 38.3 Å². The molecule has 1 heteroatoms. The van der Waals surface area contributed by atoms with Crippen LogP contribution in [0.15, 0.2) is 0 Å². The highest BCUT2D eigenvalue weighted by molar-refractivity contribution is 5.17. The van der Waals surface area contributed by atoms with Gasteiger partial charge in [0, 0.05) is 6.04 Å². The largest absolute Gasteiger partial charge is 0.303 e. The predicted octanol–water partition coefficient (Wildman–Crippen LogP) is 1.35. The van der Waals surface area contributed by atoms with Crippen LogP contribution in [0.4, 0.5) is 0 Å². The lowest BCUT2D eigenvalue weighted by Gasteiger charge is -2.18. The highest BCUT2D eigenvalue weighted by Crippen LogP contribution is 2.64. The van der Waals surface area contributed by atoms with Crippen LogP contribution < -0.4 is 0 Å². The van der Waals surface area contributed by atoms with Crippen molar-refractivity contribution >= 4 is 0 Å². The highest BCUT2D eigenvalue weighted by atomic mass is 15.2. The van der Waals surface area contributed by atoms with Crippen LogP contribution in [0.5, 0.6) is 0 Å². The van der Waals surface area contributed by atoms with Crippen LogP contribution in [0.2, 0.25) is 0 Å². The highest BCUT2D eigenvalue weighted by Gasteiger charge is 2.65. The van der Waals surface area contributed by atoms with E-state index in [0.29, 0.717) is 0 Å². The predicted molar refractivity (Wildman–Crippen MR) is 38.3 cm³/mol. The topological polar surface area (TPSA) is 3.24 Å². The van der Waals surface area contributed by atoms with Crippen molar-refractivity contribution < 1.29 is 0 Å². The van der Waals surface area contributed by atoms with Gasteiger partial charge in [-0.1, -0.05) is 6.92 Å². The lowest BCUT2D eigenvalue weighted by Crippen LogP contribution is -2.26. The molecule has 0 saturated heterocycles. The van der Waals surface area contributed by atoms with Crippen molar-refractivity contribution in [3.05, 3.63) is 0 Å². The molecule has 0 N–H and O–H groups in total. The van der Waals surface area contributed by atoms with E-state index in [1.807, 2.05) is 0 Å². The van der Waals surface area contributed by atoms with Crippen molar-refractivity contribution in [2.24, 2.45) is 11.8 Å². The summed E-state index contributed by atoms with van der Waals surface area (Å²) in [5, 5.41) is 0. The number of nitrogens with zero attached hydrogens (tertiary/aromatic N) is 1. The van der Waals surface area contributed by atoms with E-state index in [-0.39, 0.29) is 0 Å².